The lowest BCUT2D eigenvalue weighted by molar-refractivity contribution is 0.415. The minimum atomic E-state index is 0.782. The summed E-state index contributed by atoms with van der Waals surface area (Å²) < 4.78 is 7.36. The Hall–Kier alpha value is -3.08. The second kappa shape index (κ2) is 5.04. The average Bonchev–Trinajstić information content (AvgIpc) is 3.22. The second-order valence-electron chi connectivity index (χ2n) is 4.85. The molecule has 107 valence electrons. The van der Waals surface area contributed by atoms with Crippen LogP contribution in [-0.2, 0) is 0 Å². The van der Waals surface area contributed by atoms with Gasteiger partial charge in [0.1, 0.15) is 11.4 Å². The summed E-state index contributed by atoms with van der Waals surface area (Å²) >= 11 is 0. The van der Waals surface area contributed by atoms with Crippen molar-refractivity contribution in [2.75, 3.05) is 7.11 Å². The van der Waals surface area contributed by atoms with E-state index in [4.69, 9.17) is 9.72 Å². The van der Waals surface area contributed by atoms with E-state index in [1.54, 1.807) is 13.3 Å². The van der Waals surface area contributed by atoms with E-state index in [0.717, 1.165) is 34.0 Å². The first-order valence-corrected chi connectivity index (χ1v) is 6.90. The monoisotopic (exact) mass is 289 g/mol. The summed E-state index contributed by atoms with van der Waals surface area (Å²) in [7, 11) is 1.65. The van der Waals surface area contributed by atoms with Gasteiger partial charge in [0.05, 0.1) is 18.1 Å². The van der Waals surface area contributed by atoms with Crippen molar-refractivity contribution >= 4 is 11.0 Å². The molecule has 0 spiro atoms. The molecule has 0 aliphatic carbocycles. The first kappa shape index (κ1) is 12.6. The molecule has 2 heterocycles. The van der Waals surface area contributed by atoms with Gasteiger partial charge in [-0.25, -0.2) is 4.98 Å². The van der Waals surface area contributed by atoms with E-state index in [0.29, 0.717) is 0 Å². The molecule has 0 amide bonds. The number of hydrogen-bond acceptors (Lipinski definition) is 3. The van der Waals surface area contributed by atoms with E-state index >= 15 is 0 Å². The summed E-state index contributed by atoms with van der Waals surface area (Å²) in [5, 5.41) is 7.10. The molecule has 5 nitrogen and oxygen atoms in total. The molecule has 4 aromatic rings. The summed E-state index contributed by atoms with van der Waals surface area (Å²) in [6, 6.07) is 18.7. The van der Waals surface area contributed by atoms with Gasteiger partial charge in [0.2, 0.25) is 0 Å². The molecule has 4 rings (SSSR count). The number of nitrogens with zero attached hydrogens (tertiary/aromatic N) is 3. The lowest BCUT2D eigenvalue weighted by atomic mass is 10.2. The highest BCUT2D eigenvalue weighted by Gasteiger charge is 2.16. The largest absolute Gasteiger partial charge is 0.497 e. The highest BCUT2D eigenvalue weighted by Crippen LogP contribution is 2.29. The maximum Gasteiger partial charge on any atom is 0.166 e. The number of nitrogens with one attached hydrogen (secondary N) is 1. The molecule has 0 saturated carbocycles. The Kier molecular flexibility index (Phi) is 2.89. The van der Waals surface area contributed by atoms with Crippen molar-refractivity contribution in [1.82, 2.24) is 19.7 Å². The molecule has 22 heavy (non-hydrogen) atoms. The Labute approximate surface area is 127 Å². The number of aromatic amines is 1. The number of hydrogen-bond donors (Lipinski definition) is 1. The number of H-pyrrole nitrogens is 1. The van der Waals surface area contributed by atoms with Gasteiger partial charge in [0.25, 0.3) is 0 Å². The van der Waals surface area contributed by atoms with Crippen LogP contribution in [0.4, 0.5) is 0 Å². The van der Waals surface area contributed by atoms with Crippen molar-refractivity contribution in [3.05, 3.63) is 60.8 Å². The molecular formula is C17H13N4O. The molecule has 0 saturated heterocycles. The predicted octanol–water partition coefficient (Wildman–Crippen LogP) is 3.22. The van der Waals surface area contributed by atoms with Crippen LogP contribution in [0.1, 0.15) is 0 Å². The molecule has 1 radical (unpaired) electrons. The van der Waals surface area contributed by atoms with Gasteiger partial charge in [-0.1, -0.05) is 12.1 Å². The third-order valence-electron chi connectivity index (χ3n) is 3.54. The Morgan fingerprint density at radius 2 is 2.18 bits per heavy atom. The van der Waals surface area contributed by atoms with E-state index < -0.39 is 0 Å². The van der Waals surface area contributed by atoms with Crippen LogP contribution in [0.15, 0.2) is 54.7 Å². The minimum Gasteiger partial charge on any atom is -0.497 e. The fourth-order valence-corrected chi connectivity index (χ4v) is 2.53. The number of imidazole rings is 1. The van der Waals surface area contributed by atoms with Gasteiger partial charge in [-0.15, -0.1) is 0 Å². The van der Waals surface area contributed by atoms with E-state index in [1.165, 1.54) is 0 Å². The van der Waals surface area contributed by atoms with Gasteiger partial charge < -0.3 is 4.74 Å². The lowest BCUT2D eigenvalue weighted by Crippen LogP contribution is -1.97. The van der Waals surface area contributed by atoms with Crippen LogP contribution in [0.5, 0.6) is 5.75 Å². The van der Waals surface area contributed by atoms with Crippen molar-refractivity contribution in [3.63, 3.8) is 0 Å². The fraction of sp³-hybridized carbons (Fsp3) is 0.0588. The van der Waals surface area contributed by atoms with Crippen molar-refractivity contribution < 1.29 is 4.74 Å². The number of rotatable bonds is 3. The number of methoxy groups -OCH3 is 1. The maximum atomic E-state index is 5.29. The summed E-state index contributed by atoms with van der Waals surface area (Å²) in [5.41, 5.74) is 3.65. The smallest absolute Gasteiger partial charge is 0.166 e. The quantitative estimate of drug-likeness (QED) is 0.630. The zero-order valence-corrected chi connectivity index (χ0v) is 11.9. The maximum absolute atomic E-state index is 5.29. The summed E-state index contributed by atoms with van der Waals surface area (Å²) in [5.74, 6) is 1.56. The predicted molar refractivity (Wildman–Crippen MR) is 84.0 cm³/mol. The lowest BCUT2D eigenvalue weighted by Gasteiger charge is -2.07. The SMILES string of the molecule is COc1ccc2c(c1)nc(-c1cc[nH]n1)n2-c1c[c]ccc1. The Bertz CT molecular complexity index is 911. The van der Waals surface area contributed by atoms with Crippen LogP contribution in [0.3, 0.4) is 0 Å². The van der Waals surface area contributed by atoms with Crippen LogP contribution in [0.2, 0.25) is 0 Å². The van der Waals surface area contributed by atoms with E-state index in [-0.39, 0.29) is 0 Å². The van der Waals surface area contributed by atoms with Crippen LogP contribution in [0.25, 0.3) is 28.2 Å². The average molecular weight is 289 g/mol. The van der Waals surface area contributed by atoms with E-state index in [1.807, 2.05) is 48.5 Å². The normalized spacial score (nSPS) is 11.0. The highest BCUT2D eigenvalue weighted by atomic mass is 16.5. The topological polar surface area (TPSA) is 55.7 Å². The van der Waals surface area contributed by atoms with E-state index in [2.05, 4.69) is 20.8 Å². The Morgan fingerprint density at radius 1 is 1.23 bits per heavy atom. The van der Waals surface area contributed by atoms with Crippen molar-refractivity contribution in [3.8, 4) is 23.0 Å². The van der Waals surface area contributed by atoms with Crippen molar-refractivity contribution in [2.45, 2.75) is 0 Å². The first-order chi connectivity index (χ1) is 10.9. The molecule has 5 heteroatoms. The molecule has 0 aliphatic rings. The van der Waals surface area contributed by atoms with Crippen molar-refractivity contribution in [1.29, 1.82) is 0 Å². The number of fused-ring (bicyclic) bond motifs is 1. The van der Waals surface area contributed by atoms with Gasteiger partial charge >= 0.3 is 0 Å². The van der Waals surface area contributed by atoms with Crippen LogP contribution in [-0.4, -0.2) is 26.9 Å². The fourth-order valence-electron chi connectivity index (χ4n) is 2.53. The first-order valence-electron chi connectivity index (χ1n) is 6.90. The van der Waals surface area contributed by atoms with Gasteiger partial charge in [-0.05, 0) is 36.4 Å². The molecule has 1 N–H and O–H groups in total. The zero-order chi connectivity index (χ0) is 14.9. The van der Waals surface area contributed by atoms with Crippen LogP contribution in [0, 0.1) is 6.07 Å². The molecule has 0 unspecified atom stereocenters. The number of benzene rings is 2. The highest BCUT2D eigenvalue weighted by molar-refractivity contribution is 5.83. The summed E-state index contributed by atoms with van der Waals surface area (Å²) in [6.07, 6.45) is 1.79. The zero-order valence-electron chi connectivity index (χ0n) is 11.9. The molecule has 2 aromatic heterocycles. The third kappa shape index (κ3) is 1.95. The second-order valence-corrected chi connectivity index (χ2v) is 4.85. The molecule has 0 aliphatic heterocycles. The van der Waals surface area contributed by atoms with Crippen molar-refractivity contribution in [2.24, 2.45) is 0 Å². The summed E-state index contributed by atoms with van der Waals surface area (Å²) in [6.45, 7) is 0. The van der Waals surface area contributed by atoms with Gasteiger partial charge in [0, 0.05) is 18.0 Å². The standard InChI is InChI=1S/C17H13N4O/c1-22-13-7-8-16-15(11-13)19-17(14-9-10-18-20-14)21(16)12-5-3-2-4-6-12/h2-3,5-11H,1H3,(H,18,20). The van der Waals surface area contributed by atoms with Gasteiger partial charge in [-0.2, -0.15) is 5.10 Å². The van der Waals surface area contributed by atoms with Crippen LogP contribution < -0.4 is 4.74 Å². The molecule has 0 atom stereocenters. The van der Waals surface area contributed by atoms with Gasteiger partial charge in [-0.3, -0.25) is 9.67 Å². The Morgan fingerprint density at radius 3 is 2.91 bits per heavy atom. The molecular weight excluding hydrogens is 276 g/mol. The minimum absolute atomic E-state index is 0.782. The summed E-state index contributed by atoms with van der Waals surface area (Å²) in [4.78, 5) is 4.73. The Balaban J connectivity index is 2.05. The molecule has 0 bridgehead atoms. The molecule has 0 fully saturated rings. The van der Waals surface area contributed by atoms with Crippen LogP contribution >= 0.6 is 0 Å². The number of ether oxygens (including phenoxy) is 1. The molecule has 2 aromatic carbocycles. The third-order valence-corrected chi connectivity index (χ3v) is 3.54. The number of aromatic nitrogens is 4. The van der Waals surface area contributed by atoms with Gasteiger partial charge in [0.15, 0.2) is 5.82 Å². The van der Waals surface area contributed by atoms with E-state index in [9.17, 15) is 0 Å².